The lowest BCUT2D eigenvalue weighted by Crippen LogP contribution is -2.21. The molecule has 0 atom stereocenters. The molecule has 6 nitrogen and oxygen atoms in total. The van der Waals surface area contributed by atoms with Gasteiger partial charge in [-0.25, -0.2) is 4.79 Å². The van der Waals surface area contributed by atoms with E-state index in [9.17, 15) is 4.79 Å². The van der Waals surface area contributed by atoms with Crippen molar-refractivity contribution in [1.82, 2.24) is 19.8 Å². The third-order valence-electron chi connectivity index (χ3n) is 2.80. The highest BCUT2D eigenvalue weighted by Gasteiger charge is 2.12. The number of anilines is 1. The minimum Gasteiger partial charge on any atom is -0.306 e. The first-order valence-electron chi connectivity index (χ1n) is 6.22. The van der Waals surface area contributed by atoms with Gasteiger partial charge in [0.1, 0.15) is 0 Å². The molecule has 3 rings (SSSR count). The third-order valence-corrected chi connectivity index (χ3v) is 3.15. The van der Waals surface area contributed by atoms with Gasteiger partial charge in [0.15, 0.2) is 0 Å². The molecule has 0 spiro atoms. The van der Waals surface area contributed by atoms with Gasteiger partial charge in [-0.2, -0.15) is 4.68 Å². The molecule has 21 heavy (non-hydrogen) atoms. The fourth-order valence-electron chi connectivity index (χ4n) is 1.80. The molecule has 1 amide bonds. The monoisotopic (exact) mass is 297 g/mol. The van der Waals surface area contributed by atoms with Crippen molar-refractivity contribution in [2.24, 2.45) is 0 Å². The van der Waals surface area contributed by atoms with Gasteiger partial charge in [0.25, 0.3) is 0 Å². The number of tetrazole rings is 1. The molecule has 0 saturated carbocycles. The second-order valence-electron chi connectivity index (χ2n) is 4.22. The predicted molar refractivity (Wildman–Crippen MR) is 81.0 cm³/mol. The molecule has 0 aliphatic carbocycles. The smallest absolute Gasteiger partial charge is 0.306 e. The third kappa shape index (κ3) is 2.72. The van der Waals surface area contributed by atoms with E-state index in [0.29, 0.717) is 5.69 Å². The molecule has 0 unspecified atom stereocenters. The van der Waals surface area contributed by atoms with Crippen molar-refractivity contribution in [3.63, 3.8) is 0 Å². The largest absolute Gasteiger partial charge is 0.350 e. The molecular formula is C14H11N5OS. The van der Waals surface area contributed by atoms with Crippen LogP contribution in [0.4, 0.5) is 10.5 Å². The first kappa shape index (κ1) is 13.2. The Morgan fingerprint density at radius 1 is 0.952 bits per heavy atom. The maximum Gasteiger partial charge on any atom is 0.350 e. The van der Waals surface area contributed by atoms with E-state index < -0.39 is 6.03 Å². The number of amides is 1. The molecule has 7 heteroatoms. The highest BCUT2D eigenvalue weighted by molar-refractivity contribution is 7.71. The SMILES string of the molecule is O=C(Nc1ccccc1)n1nnn(-c2ccccc2)c1=S. The molecule has 1 N–H and O–H groups in total. The van der Waals surface area contributed by atoms with Gasteiger partial charge in [-0.3, -0.25) is 0 Å². The molecular weight excluding hydrogens is 286 g/mol. The Morgan fingerprint density at radius 3 is 2.24 bits per heavy atom. The quantitative estimate of drug-likeness (QED) is 0.583. The Balaban J connectivity index is 1.89. The highest BCUT2D eigenvalue weighted by atomic mass is 32.1. The number of benzene rings is 2. The van der Waals surface area contributed by atoms with E-state index in [-0.39, 0.29) is 4.77 Å². The van der Waals surface area contributed by atoms with Crippen LogP contribution in [-0.4, -0.2) is 25.8 Å². The number of aromatic nitrogens is 4. The number of nitrogens with zero attached hydrogens (tertiary/aromatic N) is 4. The zero-order chi connectivity index (χ0) is 14.7. The van der Waals surface area contributed by atoms with Crippen LogP contribution in [0.25, 0.3) is 5.69 Å². The van der Waals surface area contributed by atoms with Crippen molar-refractivity contribution in [2.45, 2.75) is 0 Å². The summed E-state index contributed by atoms with van der Waals surface area (Å²) in [6.45, 7) is 0. The molecule has 0 aliphatic rings. The number of hydrogen-bond donors (Lipinski definition) is 1. The van der Waals surface area contributed by atoms with E-state index in [4.69, 9.17) is 12.2 Å². The number of rotatable bonds is 2. The molecule has 2 aromatic carbocycles. The van der Waals surface area contributed by atoms with E-state index in [0.717, 1.165) is 10.4 Å². The predicted octanol–water partition coefficient (Wildman–Crippen LogP) is 2.88. The standard InChI is InChI=1S/C14H11N5OS/c20-13(15-11-7-3-1-4-8-11)19-14(21)18(16-17-19)12-9-5-2-6-10-12/h1-10H,(H,15,20). The Hall–Kier alpha value is -2.80. The van der Waals surface area contributed by atoms with Crippen molar-refractivity contribution >= 4 is 23.9 Å². The number of nitrogens with one attached hydrogen (secondary N) is 1. The topological polar surface area (TPSA) is 64.7 Å². The van der Waals surface area contributed by atoms with Crippen LogP contribution in [0.3, 0.4) is 0 Å². The van der Waals surface area contributed by atoms with Gasteiger partial charge in [-0.15, -0.1) is 4.68 Å². The minimum atomic E-state index is -0.451. The van der Waals surface area contributed by atoms with Gasteiger partial charge in [-0.05, 0) is 46.9 Å². The van der Waals surface area contributed by atoms with Gasteiger partial charge in [0.05, 0.1) is 5.69 Å². The molecule has 3 aromatic rings. The summed E-state index contributed by atoms with van der Waals surface area (Å²) in [4.78, 5) is 12.1. The Morgan fingerprint density at radius 2 is 1.57 bits per heavy atom. The van der Waals surface area contributed by atoms with E-state index in [1.165, 1.54) is 4.68 Å². The van der Waals surface area contributed by atoms with Crippen LogP contribution < -0.4 is 5.32 Å². The summed E-state index contributed by atoms with van der Waals surface area (Å²) in [6.07, 6.45) is 0. The van der Waals surface area contributed by atoms with Crippen molar-refractivity contribution in [2.75, 3.05) is 5.32 Å². The van der Waals surface area contributed by atoms with Crippen molar-refractivity contribution in [3.05, 3.63) is 65.4 Å². The average Bonchev–Trinajstić information content (AvgIpc) is 2.91. The molecule has 0 fully saturated rings. The number of carbonyl (C=O) groups is 1. The van der Waals surface area contributed by atoms with Crippen LogP contribution in [0, 0.1) is 4.77 Å². The Kier molecular flexibility index (Phi) is 3.57. The van der Waals surface area contributed by atoms with Gasteiger partial charge >= 0.3 is 6.03 Å². The van der Waals surface area contributed by atoms with E-state index >= 15 is 0 Å². The zero-order valence-electron chi connectivity index (χ0n) is 10.9. The first-order chi connectivity index (χ1) is 10.3. The molecule has 0 saturated heterocycles. The summed E-state index contributed by atoms with van der Waals surface area (Å²) in [7, 11) is 0. The van der Waals surface area contributed by atoms with Gasteiger partial charge in [0, 0.05) is 5.69 Å². The lowest BCUT2D eigenvalue weighted by Gasteiger charge is -2.03. The second-order valence-corrected chi connectivity index (χ2v) is 4.58. The molecule has 0 radical (unpaired) electrons. The minimum absolute atomic E-state index is 0.203. The number of carbonyl (C=O) groups excluding carboxylic acids is 1. The van der Waals surface area contributed by atoms with Gasteiger partial charge in [0.2, 0.25) is 4.77 Å². The summed E-state index contributed by atoms with van der Waals surface area (Å²) in [6, 6.07) is 17.9. The van der Waals surface area contributed by atoms with Gasteiger partial charge in [-0.1, -0.05) is 36.4 Å². The van der Waals surface area contributed by atoms with Crippen LogP contribution in [0.2, 0.25) is 0 Å². The summed E-state index contributed by atoms with van der Waals surface area (Å²) in [5.41, 5.74) is 1.42. The molecule has 0 aliphatic heterocycles. The lowest BCUT2D eigenvalue weighted by molar-refractivity contribution is 0.250. The average molecular weight is 297 g/mol. The molecule has 104 valence electrons. The Bertz CT molecular complexity index is 810. The summed E-state index contributed by atoms with van der Waals surface area (Å²) >= 11 is 5.24. The number of hydrogen-bond acceptors (Lipinski definition) is 4. The van der Waals surface area contributed by atoms with Gasteiger partial charge < -0.3 is 5.32 Å². The fraction of sp³-hybridized carbons (Fsp3) is 0. The second kappa shape index (κ2) is 5.68. The summed E-state index contributed by atoms with van der Waals surface area (Å²) in [5, 5.41) is 10.4. The van der Waals surface area contributed by atoms with Crippen molar-refractivity contribution < 1.29 is 4.79 Å². The summed E-state index contributed by atoms with van der Waals surface area (Å²) < 4.78 is 2.68. The van der Waals surface area contributed by atoms with E-state index in [1.54, 1.807) is 12.1 Å². The van der Waals surface area contributed by atoms with Crippen LogP contribution in [0.5, 0.6) is 0 Å². The van der Waals surface area contributed by atoms with Crippen LogP contribution >= 0.6 is 12.2 Å². The molecule has 1 aromatic heterocycles. The fourth-order valence-corrected chi connectivity index (χ4v) is 2.06. The molecule has 1 heterocycles. The maximum absolute atomic E-state index is 12.1. The lowest BCUT2D eigenvalue weighted by atomic mass is 10.3. The normalized spacial score (nSPS) is 10.3. The Labute approximate surface area is 125 Å². The van der Waals surface area contributed by atoms with Crippen LogP contribution in [0.15, 0.2) is 60.7 Å². The zero-order valence-corrected chi connectivity index (χ0v) is 11.7. The summed E-state index contributed by atoms with van der Waals surface area (Å²) in [5.74, 6) is 0. The first-order valence-corrected chi connectivity index (χ1v) is 6.63. The van der Waals surface area contributed by atoms with Crippen LogP contribution in [-0.2, 0) is 0 Å². The van der Waals surface area contributed by atoms with Crippen molar-refractivity contribution in [3.8, 4) is 5.69 Å². The maximum atomic E-state index is 12.1. The number of para-hydroxylation sites is 2. The highest BCUT2D eigenvalue weighted by Crippen LogP contribution is 2.08. The van der Waals surface area contributed by atoms with E-state index in [2.05, 4.69) is 15.7 Å². The van der Waals surface area contributed by atoms with E-state index in [1.807, 2.05) is 48.5 Å². The molecule has 0 bridgehead atoms. The van der Waals surface area contributed by atoms with Crippen LogP contribution in [0.1, 0.15) is 0 Å². The van der Waals surface area contributed by atoms with Crippen molar-refractivity contribution in [1.29, 1.82) is 0 Å².